The van der Waals surface area contributed by atoms with Gasteiger partial charge < -0.3 is 14.8 Å². The molecule has 0 radical (unpaired) electrons. The molecule has 0 aliphatic heterocycles. The van der Waals surface area contributed by atoms with Crippen LogP contribution in [-0.4, -0.2) is 23.5 Å². The van der Waals surface area contributed by atoms with Crippen LogP contribution in [0.5, 0.6) is 0 Å². The predicted molar refractivity (Wildman–Crippen MR) is 82.5 cm³/mol. The van der Waals surface area contributed by atoms with Crippen molar-refractivity contribution in [3.63, 3.8) is 0 Å². The Labute approximate surface area is 132 Å². The van der Waals surface area contributed by atoms with Crippen LogP contribution < -0.4 is 5.32 Å². The van der Waals surface area contributed by atoms with Crippen molar-refractivity contribution >= 4 is 23.5 Å². The summed E-state index contributed by atoms with van der Waals surface area (Å²) in [7, 11) is 0. The van der Waals surface area contributed by atoms with E-state index in [0.717, 1.165) is 5.56 Å². The molecule has 0 aliphatic carbocycles. The molecule has 0 unspecified atom stereocenters. The fourth-order valence-electron chi connectivity index (χ4n) is 1.97. The van der Waals surface area contributed by atoms with Crippen molar-refractivity contribution in [1.29, 1.82) is 0 Å². The summed E-state index contributed by atoms with van der Waals surface area (Å²) in [6.07, 6.45) is 0. The maximum absolute atomic E-state index is 12.0. The van der Waals surface area contributed by atoms with Gasteiger partial charge in [-0.2, -0.15) is 0 Å². The molecule has 2 rings (SSSR count). The number of aromatic carboxylic acids is 1. The number of hydrogen-bond acceptors (Lipinski definition) is 3. The van der Waals surface area contributed by atoms with Crippen LogP contribution in [0.3, 0.4) is 0 Å². The number of carbonyl (C=O) groups excluding carboxylic acids is 1. The Morgan fingerprint density at radius 1 is 1.23 bits per heavy atom. The molecular formula is C16H16ClNO4. The van der Waals surface area contributed by atoms with Crippen LogP contribution >= 0.6 is 11.6 Å². The van der Waals surface area contributed by atoms with Crippen LogP contribution in [0.25, 0.3) is 0 Å². The second-order valence-electron chi connectivity index (χ2n) is 5.55. The average molecular weight is 322 g/mol. The molecule has 116 valence electrons. The van der Waals surface area contributed by atoms with Gasteiger partial charge in [0.25, 0.3) is 5.91 Å². The summed E-state index contributed by atoms with van der Waals surface area (Å²) >= 11 is 5.98. The summed E-state index contributed by atoms with van der Waals surface area (Å²) < 4.78 is 4.96. The van der Waals surface area contributed by atoms with E-state index in [0.29, 0.717) is 11.6 Å². The number of amides is 1. The van der Waals surface area contributed by atoms with Crippen LogP contribution in [-0.2, 0) is 5.41 Å². The molecular weight excluding hydrogens is 306 g/mol. The Kier molecular flexibility index (Phi) is 4.56. The van der Waals surface area contributed by atoms with Gasteiger partial charge in [0.2, 0.25) is 5.76 Å². The molecule has 0 atom stereocenters. The normalized spacial score (nSPS) is 11.2. The lowest BCUT2D eigenvalue weighted by Crippen LogP contribution is -2.36. The van der Waals surface area contributed by atoms with E-state index in [2.05, 4.69) is 5.32 Å². The largest absolute Gasteiger partial charge is 0.475 e. The third kappa shape index (κ3) is 3.68. The molecule has 2 aromatic rings. The SMILES string of the molecule is CC(C)(CNC(=O)c1ccc(C(=O)O)o1)c1cccc(Cl)c1. The average Bonchev–Trinajstić information content (AvgIpc) is 2.95. The van der Waals surface area contributed by atoms with E-state index in [1.807, 2.05) is 32.0 Å². The van der Waals surface area contributed by atoms with Crippen molar-refractivity contribution in [3.8, 4) is 0 Å². The topological polar surface area (TPSA) is 79.5 Å². The van der Waals surface area contributed by atoms with Gasteiger partial charge in [-0.25, -0.2) is 4.79 Å². The Morgan fingerprint density at radius 2 is 1.91 bits per heavy atom. The lowest BCUT2D eigenvalue weighted by atomic mass is 9.84. The highest BCUT2D eigenvalue weighted by Gasteiger charge is 2.23. The summed E-state index contributed by atoms with van der Waals surface area (Å²) in [5.41, 5.74) is 0.661. The molecule has 2 N–H and O–H groups in total. The van der Waals surface area contributed by atoms with Crippen LogP contribution in [0.2, 0.25) is 5.02 Å². The maximum Gasteiger partial charge on any atom is 0.371 e. The predicted octanol–water partition coefficient (Wildman–Crippen LogP) is 3.34. The first-order valence-electron chi connectivity index (χ1n) is 6.67. The van der Waals surface area contributed by atoms with Gasteiger partial charge in [-0.15, -0.1) is 0 Å². The molecule has 0 fully saturated rings. The van der Waals surface area contributed by atoms with Crippen LogP contribution in [0.1, 0.15) is 40.5 Å². The Bertz CT molecular complexity index is 706. The first kappa shape index (κ1) is 16.1. The summed E-state index contributed by atoms with van der Waals surface area (Å²) in [4.78, 5) is 22.7. The second-order valence-corrected chi connectivity index (χ2v) is 5.98. The molecule has 1 aromatic heterocycles. The first-order chi connectivity index (χ1) is 10.3. The molecule has 5 nitrogen and oxygen atoms in total. The minimum absolute atomic E-state index is 0.0284. The van der Waals surface area contributed by atoms with Crippen LogP contribution in [0.15, 0.2) is 40.8 Å². The first-order valence-corrected chi connectivity index (χ1v) is 7.05. The van der Waals surface area contributed by atoms with E-state index in [1.165, 1.54) is 12.1 Å². The number of carboxylic acid groups (broad SMARTS) is 1. The zero-order valence-electron chi connectivity index (χ0n) is 12.2. The van der Waals surface area contributed by atoms with Gasteiger partial charge in [-0.1, -0.05) is 37.6 Å². The van der Waals surface area contributed by atoms with E-state index in [-0.39, 0.29) is 16.9 Å². The molecule has 1 aromatic carbocycles. The number of carboxylic acids is 1. The monoisotopic (exact) mass is 321 g/mol. The smallest absolute Gasteiger partial charge is 0.371 e. The van der Waals surface area contributed by atoms with Crippen molar-refractivity contribution in [2.75, 3.05) is 6.54 Å². The molecule has 0 bridgehead atoms. The third-order valence-electron chi connectivity index (χ3n) is 3.34. The molecule has 22 heavy (non-hydrogen) atoms. The molecule has 0 saturated heterocycles. The van der Waals surface area contributed by atoms with Gasteiger partial charge in [-0.3, -0.25) is 4.79 Å². The lowest BCUT2D eigenvalue weighted by Gasteiger charge is -2.25. The fraction of sp³-hybridized carbons (Fsp3) is 0.250. The quantitative estimate of drug-likeness (QED) is 0.885. The highest BCUT2D eigenvalue weighted by Crippen LogP contribution is 2.25. The summed E-state index contributed by atoms with van der Waals surface area (Å²) in [6, 6.07) is 10.0. The number of halogens is 1. The lowest BCUT2D eigenvalue weighted by molar-refractivity contribution is 0.0659. The number of nitrogens with one attached hydrogen (secondary N) is 1. The number of rotatable bonds is 5. The van der Waals surface area contributed by atoms with E-state index in [9.17, 15) is 9.59 Å². The van der Waals surface area contributed by atoms with Gasteiger partial charge in [0, 0.05) is 17.0 Å². The second kappa shape index (κ2) is 6.23. The minimum Gasteiger partial charge on any atom is -0.475 e. The zero-order chi connectivity index (χ0) is 16.3. The Morgan fingerprint density at radius 3 is 2.50 bits per heavy atom. The van der Waals surface area contributed by atoms with Crippen molar-refractivity contribution in [3.05, 3.63) is 58.5 Å². The Balaban J connectivity index is 2.04. The van der Waals surface area contributed by atoms with Crippen molar-refractivity contribution in [2.24, 2.45) is 0 Å². The number of furan rings is 1. The number of benzene rings is 1. The molecule has 1 amide bonds. The number of hydrogen-bond donors (Lipinski definition) is 2. The molecule has 1 heterocycles. The fourth-order valence-corrected chi connectivity index (χ4v) is 2.17. The molecule has 0 saturated carbocycles. The van der Waals surface area contributed by atoms with Crippen molar-refractivity contribution in [2.45, 2.75) is 19.3 Å². The van der Waals surface area contributed by atoms with Gasteiger partial charge in [0.15, 0.2) is 5.76 Å². The van der Waals surface area contributed by atoms with E-state index in [4.69, 9.17) is 21.1 Å². The van der Waals surface area contributed by atoms with Crippen LogP contribution in [0.4, 0.5) is 0 Å². The molecule has 0 aliphatic rings. The van der Waals surface area contributed by atoms with E-state index < -0.39 is 11.9 Å². The van der Waals surface area contributed by atoms with Gasteiger partial charge >= 0.3 is 5.97 Å². The highest BCUT2D eigenvalue weighted by atomic mass is 35.5. The van der Waals surface area contributed by atoms with Crippen molar-refractivity contribution < 1.29 is 19.1 Å². The van der Waals surface area contributed by atoms with Gasteiger partial charge in [-0.05, 0) is 29.8 Å². The van der Waals surface area contributed by atoms with Gasteiger partial charge in [0.1, 0.15) is 0 Å². The molecule has 6 heteroatoms. The van der Waals surface area contributed by atoms with E-state index in [1.54, 1.807) is 6.07 Å². The maximum atomic E-state index is 12.0. The van der Waals surface area contributed by atoms with E-state index >= 15 is 0 Å². The molecule has 0 spiro atoms. The summed E-state index contributed by atoms with van der Waals surface area (Å²) in [5.74, 6) is -1.96. The van der Waals surface area contributed by atoms with Gasteiger partial charge in [0.05, 0.1) is 0 Å². The third-order valence-corrected chi connectivity index (χ3v) is 3.57. The summed E-state index contributed by atoms with van der Waals surface area (Å²) in [5, 5.41) is 12.1. The summed E-state index contributed by atoms with van der Waals surface area (Å²) in [6.45, 7) is 4.31. The Hall–Kier alpha value is -2.27. The zero-order valence-corrected chi connectivity index (χ0v) is 13.0. The van der Waals surface area contributed by atoms with Crippen molar-refractivity contribution in [1.82, 2.24) is 5.32 Å². The van der Waals surface area contributed by atoms with Crippen LogP contribution in [0, 0.1) is 0 Å². The standard InChI is InChI=1S/C16H16ClNO4/c1-16(2,10-4-3-5-11(17)8-10)9-18-14(19)12-6-7-13(22-12)15(20)21/h3-8H,9H2,1-2H3,(H,18,19)(H,20,21). The minimum atomic E-state index is -1.21. The highest BCUT2D eigenvalue weighted by molar-refractivity contribution is 6.30. The number of carbonyl (C=O) groups is 2.